The lowest BCUT2D eigenvalue weighted by molar-refractivity contribution is 0.0755. The van der Waals surface area contributed by atoms with Gasteiger partial charge in [-0.2, -0.15) is 11.8 Å². The number of primary amides is 1. The molecule has 1 aliphatic heterocycles. The van der Waals surface area contributed by atoms with Crippen molar-refractivity contribution >= 4 is 23.6 Å². The Morgan fingerprint density at radius 3 is 2.40 bits per heavy atom. The minimum absolute atomic E-state index is 0.0342. The van der Waals surface area contributed by atoms with Crippen molar-refractivity contribution in [3.63, 3.8) is 0 Å². The van der Waals surface area contributed by atoms with Gasteiger partial charge in [0, 0.05) is 35.2 Å². The van der Waals surface area contributed by atoms with Crippen LogP contribution in [0.3, 0.4) is 0 Å². The first-order valence-corrected chi connectivity index (χ1v) is 7.84. The number of amides is 2. The molecule has 1 aliphatic rings. The Morgan fingerprint density at radius 1 is 1.25 bits per heavy atom. The fourth-order valence-corrected chi connectivity index (χ4v) is 3.52. The van der Waals surface area contributed by atoms with Gasteiger partial charge in [0.15, 0.2) is 0 Å². The van der Waals surface area contributed by atoms with Crippen molar-refractivity contribution in [2.24, 2.45) is 11.7 Å². The van der Waals surface area contributed by atoms with E-state index in [1.54, 1.807) is 24.3 Å². The maximum Gasteiger partial charge on any atom is 0.253 e. The van der Waals surface area contributed by atoms with Crippen molar-refractivity contribution in [1.82, 2.24) is 4.90 Å². The second kappa shape index (κ2) is 6.31. The molecule has 20 heavy (non-hydrogen) atoms. The second-order valence-electron chi connectivity index (χ2n) is 5.35. The summed E-state index contributed by atoms with van der Waals surface area (Å²) in [6.07, 6.45) is 0. The number of hydrogen-bond donors (Lipinski definition) is 1. The number of rotatable bonds is 3. The van der Waals surface area contributed by atoms with Crippen LogP contribution in [-0.4, -0.2) is 40.8 Å². The maximum atomic E-state index is 12.4. The smallest absolute Gasteiger partial charge is 0.253 e. The predicted octanol–water partition coefficient (Wildman–Crippen LogP) is 2.00. The summed E-state index contributed by atoms with van der Waals surface area (Å²) in [6.45, 7) is 5.95. The molecule has 0 bridgehead atoms. The van der Waals surface area contributed by atoms with Crippen molar-refractivity contribution in [2.75, 3.05) is 18.8 Å². The van der Waals surface area contributed by atoms with Crippen molar-refractivity contribution in [3.8, 4) is 0 Å². The normalized spacial score (nSPS) is 19.1. The highest BCUT2D eigenvalue weighted by atomic mass is 32.2. The first-order chi connectivity index (χ1) is 9.49. The van der Waals surface area contributed by atoms with Gasteiger partial charge in [0.2, 0.25) is 5.91 Å². The molecular weight excluding hydrogens is 272 g/mol. The second-order valence-corrected chi connectivity index (χ2v) is 6.69. The summed E-state index contributed by atoms with van der Waals surface area (Å²) in [5, 5.41) is 0.498. The number of nitrogens with zero attached hydrogens (tertiary/aromatic N) is 1. The van der Waals surface area contributed by atoms with E-state index in [9.17, 15) is 9.59 Å². The molecule has 2 rings (SSSR count). The van der Waals surface area contributed by atoms with Crippen molar-refractivity contribution in [2.45, 2.75) is 19.1 Å². The predicted molar refractivity (Wildman–Crippen MR) is 81.9 cm³/mol. The SMILES string of the molecule is CC(C)[C@H]1CN(C(=O)c2ccc(C(N)=O)cc2)CCS1. The third kappa shape index (κ3) is 3.33. The number of nitrogens with two attached hydrogens (primary N) is 1. The van der Waals surface area contributed by atoms with Crippen LogP contribution in [0.1, 0.15) is 34.6 Å². The summed E-state index contributed by atoms with van der Waals surface area (Å²) >= 11 is 1.94. The Morgan fingerprint density at radius 2 is 1.85 bits per heavy atom. The average molecular weight is 292 g/mol. The Hall–Kier alpha value is -1.49. The zero-order valence-corrected chi connectivity index (χ0v) is 12.7. The summed E-state index contributed by atoms with van der Waals surface area (Å²) in [4.78, 5) is 25.4. The van der Waals surface area contributed by atoms with Gasteiger partial charge >= 0.3 is 0 Å². The molecule has 2 N–H and O–H groups in total. The van der Waals surface area contributed by atoms with Gasteiger partial charge < -0.3 is 10.6 Å². The van der Waals surface area contributed by atoms with E-state index in [2.05, 4.69) is 13.8 Å². The first kappa shape index (κ1) is 14.9. The molecule has 1 aromatic rings. The molecule has 2 amide bonds. The van der Waals surface area contributed by atoms with Crippen LogP contribution in [0.2, 0.25) is 0 Å². The van der Waals surface area contributed by atoms with Gasteiger partial charge in [0.25, 0.3) is 5.91 Å². The monoisotopic (exact) mass is 292 g/mol. The van der Waals surface area contributed by atoms with Crippen molar-refractivity contribution in [1.29, 1.82) is 0 Å². The Kier molecular flexibility index (Phi) is 4.70. The van der Waals surface area contributed by atoms with Gasteiger partial charge in [-0.1, -0.05) is 13.8 Å². The van der Waals surface area contributed by atoms with Crippen molar-refractivity contribution < 1.29 is 9.59 Å². The molecular formula is C15H20N2O2S. The van der Waals surface area contributed by atoms with E-state index in [1.165, 1.54) is 0 Å². The van der Waals surface area contributed by atoms with Gasteiger partial charge in [0.05, 0.1) is 0 Å². The zero-order chi connectivity index (χ0) is 14.7. The standard InChI is InChI=1S/C15H20N2O2S/c1-10(2)13-9-17(7-8-20-13)15(19)12-5-3-11(4-6-12)14(16)18/h3-6,10,13H,7-9H2,1-2H3,(H2,16,18)/t13-/m1/s1. The van der Waals surface area contributed by atoms with Crippen LogP contribution < -0.4 is 5.73 Å². The van der Waals surface area contributed by atoms with Crippen LogP contribution in [0.25, 0.3) is 0 Å². The molecule has 0 radical (unpaired) electrons. The molecule has 1 saturated heterocycles. The number of hydrogen-bond acceptors (Lipinski definition) is 3. The van der Waals surface area contributed by atoms with Crippen LogP contribution in [0.15, 0.2) is 24.3 Å². The van der Waals surface area contributed by atoms with E-state index in [0.717, 1.165) is 18.8 Å². The third-order valence-corrected chi connectivity index (χ3v) is 5.08. The minimum atomic E-state index is -0.474. The van der Waals surface area contributed by atoms with E-state index in [4.69, 9.17) is 5.73 Å². The van der Waals surface area contributed by atoms with E-state index in [-0.39, 0.29) is 5.91 Å². The highest BCUT2D eigenvalue weighted by Gasteiger charge is 2.26. The Bertz CT molecular complexity index is 499. The van der Waals surface area contributed by atoms with Crippen LogP contribution in [0.4, 0.5) is 0 Å². The number of carbonyl (C=O) groups is 2. The third-order valence-electron chi connectivity index (χ3n) is 3.54. The molecule has 1 heterocycles. The molecule has 5 heteroatoms. The maximum absolute atomic E-state index is 12.4. The van der Waals surface area contributed by atoms with Crippen LogP contribution >= 0.6 is 11.8 Å². The summed E-state index contributed by atoms with van der Waals surface area (Å²) in [5.41, 5.74) is 6.24. The van der Waals surface area contributed by atoms with Gasteiger partial charge in [0.1, 0.15) is 0 Å². The molecule has 0 aromatic heterocycles. The fraction of sp³-hybridized carbons (Fsp3) is 0.467. The van der Waals surface area contributed by atoms with Crippen molar-refractivity contribution in [3.05, 3.63) is 35.4 Å². The zero-order valence-electron chi connectivity index (χ0n) is 11.8. The molecule has 4 nitrogen and oxygen atoms in total. The lowest BCUT2D eigenvalue weighted by Crippen LogP contribution is -2.43. The lowest BCUT2D eigenvalue weighted by atomic mass is 10.1. The van der Waals surface area contributed by atoms with E-state index >= 15 is 0 Å². The molecule has 1 aromatic carbocycles. The molecule has 1 fully saturated rings. The molecule has 0 unspecified atom stereocenters. The molecule has 0 aliphatic carbocycles. The van der Waals surface area contributed by atoms with E-state index in [0.29, 0.717) is 22.3 Å². The van der Waals surface area contributed by atoms with Crippen LogP contribution in [0, 0.1) is 5.92 Å². The molecule has 0 saturated carbocycles. The number of thioether (sulfide) groups is 1. The molecule has 108 valence electrons. The topological polar surface area (TPSA) is 63.4 Å². The Balaban J connectivity index is 2.08. The van der Waals surface area contributed by atoms with Crippen LogP contribution in [-0.2, 0) is 0 Å². The minimum Gasteiger partial charge on any atom is -0.366 e. The summed E-state index contributed by atoms with van der Waals surface area (Å²) in [6, 6.07) is 6.56. The summed E-state index contributed by atoms with van der Waals surface area (Å²) in [5.74, 6) is 1.10. The molecule has 0 spiro atoms. The highest BCUT2D eigenvalue weighted by molar-refractivity contribution is 8.00. The van der Waals surface area contributed by atoms with Crippen LogP contribution in [0.5, 0.6) is 0 Å². The average Bonchev–Trinajstić information content (AvgIpc) is 2.46. The van der Waals surface area contributed by atoms with E-state index < -0.39 is 5.91 Å². The quantitative estimate of drug-likeness (QED) is 0.926. The number of benzene rings is 1. The Labute approximate surface area is 123 Å². The first-order valence-electron chi connectivity index (χ1n) is 6.80. The summed E-state index contributed by atoms with van der Waals surface area (Å²) in [7, 11) is 0. The van der Waals surface area contributed by atoms with Gasteiger partial charge in [-0.3, -0.25) is 9.59 Å². The number of carbonyl (C=O) groups excluding carboxylic acids is 2. The lowest BCUT2D eigenvalue weighted by Gasteiger charge is -2.34. The largest absolute Gasteiger partial charge is 0.366 e. The molecule has 1 atom stereocenters. The van der Waals surface area contributed by atoms with E-state index in [1.807, 2.05) is 16.7 Å². The van der Waals surface area contributed by atoms with Gasteiger partial charge in [-0.15, -0.1) is 0 Å². The fourth-order valence-electron chi connectivity index (χ4n) is 2.22. The highest BCUT2D eigenvalue weighted by Crippen LogP contribution is 2.25. The summed E-state index contributed by atoms with van der Waals surface area (Å²) < 4.78 is 0. The van der Waals surface area contributed by atoms with Gasteiger partial charge in [-0.05, 0) is 30.2 Å². The van der Waals surface area contributed by atoms with Gasteiger partial charge in [-0.25, -0.2) is 0 Å².